The lowest BCUT2D eigenvalue weighted by molar-refractivity contribution is -0.135. The number of rotatable bonds is 2. The quantitative estimate of drug-likeness (QED) is 0.832. The van der Waals surface area contributed by atoms with Gasteiger partial charge in [-0.15, -0.1) is 12.4 Å². The summed E-state index contributed by atoms with van der Waals surface area (Å²) in [7, 11) is 1.75. The number of likely N-dealkylation sites (N-methyl/N-ethyl adjacent to an activating group) is 1. The monoisotopic (exact) mass is 297 g/mol. The number of carbonyl (C=O) groups is 2. The SMILES string of the molecule is CC(N)C(=O)N[C@H]1Cc2ccccc2CN(C)C1=O.Cl. The minimum atomic E-state index is -0.614. The Morgan fingerprint density at radius 1 is 1.40 bits per heavy atom. The van der Waals surface area contributed by atoms with Crippen molar-refractivity contribution in [2.24, 2.45) is 5.73 Å². The van der Waals surface area contributed by atoms with Crippen LogP contribution >= 0.6 is 12.4 Å². The molecule has 5 nitrogen and oxygen atoms in total. The third-order valence-electron chi connectivity index (χ3n) is 3.35. The number of nitrogens with one attached hydrogen (secondary N) is 1. The first-order chi connectivity index (χ1) is 8.99. The van der Waals surface area contributed by atoms with Gasteiger partial charge >= 0.3 is 0 Å². The fourth-order valence-electron chi connectivity index (χ4n) is 2.23. The molecule has 1 aromatic rings. The van der Waals surface area contributed by atoms with E-state index >= 15 is 0 Å². The molecular weight excluding hydrogens is 278 g/mol. The summed E-state index contributed by atoms with van der Waals surface area (Å²) in [5, 5.41) is 2.72. The van der Waals surface area contributed by atoms with Gasteiger partial charge in [0.25, 0.3) is 0 Å². The zero-order valence-corrected chi connectivity index (χ0v) is 12.4. The molecule has 20 heavy (non-hydrogen) atoms. The van der Waals surface area contributed by atoms with Crippen LogP contribution in [-0.2, 0) is 22.6 Å². The number of amides is 2. The molecule has 1 unspecified atom stereocenters. The highest BCUT2D eigenvalue weighted by Gasteiger charge is 2.29. The highest BCUT2D eigenvalue weighted by Crippen LogP contribution is 2.18. The van der Waals surface area contributed by atoms with Crippen LogP contribution < -0.4 is 11.1 Å². The van der Waals surface area contributed by atoms with Crippen LogP contribution in [0.2, 0.25) is 0 Å². The molecule has 1 aliphatic heterocycles. The first kappa shape index (κ1) is 16.5. The van der Waals surface area contributed by atoms with E-state index in [9.17, 15) is 9.59 Å². The Morgan fingerprint density at radius 2 is 2.00 bits per heavy atom. The topological polar surface area (TPSA) is 75.4 Å². The predicted molar refractivity (Wildman–Crippen MR) is 79.4 cm³/mol. The summed E-state index contributed by atoms with van der Waals surface area (Å²) in [6.45, 7) is 2.17. The molecule has 6 heteroatoms. The molecule has 0 saturated heterocycles. The highest BCUT2D eigenvalue weighted by atomic mass is 35.5. The molecule has 0 fully saturated rings. The van der Waals surface area contributed by atoms with E-state index in [0.29, 0.717) is 13.0 Å². The molecule has 110 valence electrons. The van der Waals surface area contributed by atoms with E-state index in [4.69, 9.17) is 5.73 Å². The van der Waals surface area contributed by atoms with Crippen LogP contribution in [0.5, 0.6) is 0 Å². The smallest absolute Gasteiger partial charge is 0.245 e. The third kappa shape index (κ3) is 3.49. The lowest BCUT2D eigenvalue weighted by Gasteiger charge is -2.21. The molecule has 0 spiro atoms. The van der Waals surface area contributed by atoms with E-state index in [1.165, 1.54) is 0 Å². The fourth-order valence-corrected chi connectivity index (χ4v) is 2.23. The maximum Gasteiger partial charge on any atom is 0.245 e. The summed E-state index contributed by atoms with van der Waals surface area (Å²) in [6.07, 6.45) is 0.512. The zero-order chi connectivity index (χ0) is 14.0. The van der Waals surface area contributed by atoms with E-state index in [1.54, 1.807) is 18.9 Å². The van der Waals surface area contributed by atoms with Gasteiger partial charge in [-0.3, -0.25) is 9.59 Å². The van der Waals surface area contributed by atoms with Crippen LogP contribution in [0.4, 0.5) is 0 Å². The summed E-state index contributed by atoms with van der Waals surface area (Å²) in [6, 6.07) is 6.75. The van der Waals surface area contributed by atoms with Gasteiger partial charge in [-0.25, -0.2) is 0 Å². The molecule has 0 aliphatic carbocycles. The average molecular weight is 298 g/mol. The van der Waals surface area contributed by atoms with E-state index in [2.05, 4.69) is 5.32 Å². The predicted octanol–water partition coefficient (Wildman–Crippen LogP) is 0.455. The van der Waals surface area contributed by atoms with Crippen molar-refractivity contribution in [2.75, 3.05) is 7.05 Å². The van der Waals surface area contributed by atoms with Gasteiger partial charge in [-0.2, -0.15) is 0 Å². The van der Waals surface area contributed by atoms with Crippen LogP contribution in [0.15, 0.2) is 24.3 Å². The van der Waals surface area contributed by atoms with E-state index in [1.807, 2.05) is 24.3 Å². The second-order valence-corrected chi connectivity index (χ2v) is 5.02. The Kier molecular flexibility index (Phi) is 5.53. The van der Waals surface area contributed by atoms with Crippen LogP contribution in [0.3, 0.4) is 0 Å². The van der Waals surface area contributed by atoms with Crippen LogP contribution in [0.1, 0.15) is 18.1 Å². The number of hydrogen-bond acceptors (Lipinski definition) is 3. The van der Waals surface area contributed by atoms with Gasteiger partial charge in [0.1, 0.15) is 6.04 Å². The average Bonchev–Trinajstić information content (AvgIpc) is 2.49. The summed E-state index contributed by atoms with van der Waals surface area (Å²) in [5.74, 6) is -0.378. The highest BCUT2D eigenvalue weighted by molar-refractivity contribution is 5.90. The van der Waals surface area contributed by atoms with Gasteiger partial charge < -0.3 is 16.0 Å². The van der Waals surface area contributed by atoms with Crippen molar-refractivity contribution in [2.45, 2.75) is 32.0 Å². The van der Waals surface area contributed by atoms with E-state index in [0.717, 1.165) is 11.1 Å². The number of fused-ring (bicyclic) bond motifs is 1. The molecular formula is C14H20ClN3O2. The molecule has 2 atom stereocenters. The Balaban J connectivity index is 0.00000200. The molecule has 1 heterocycles. The van der Waals surface area contributed by atoms with Gasteiger partial charge in [0.2, 0.25) is 11.8 Å². The number of nitrogens with two attached hydrogens (primary N) is 1. The summed E-state index contributed by atoms with van der Waals surface area (Å²) in [4.78, 5) is 25.6. The van der Waals surface area contributed by atoms with Crippen LogP contribution in [-0.4, -0.2) is 35.8 Å². The lowest BCUT2D eigenvalue weighted by Crippen LogP contribution is -2.51. The number of benzene rings is 1. The Bertz CT molecular complexity index is 505. The largest absolute Gasteiger partial charge is 0.343 e. The van der Waals surface area contributed by atoms with Crippen LogP contribution in [0, 0.1) is 0 Å². The molecule has 2 rings (SSSR count). The van der Waals surface area contributed by atoms with E-state index in [-0.39, 0.29) is 24.2 Å². The maximum atomic E-state index is 12.2. The summed E-state index contributed by atoms with van der Waals surface area (Å²) in [5.41, 5.74) is 7.74. The standard InChI is InChI=1S/C14H19N3O2.ClH/c1-9(15)13(18)16-12-7-10-5-3-4-6-11(10)8-17(2)14(12)19;/h3-6,9,12H,7-8,15H2,1-2H3,(H,16,18);1H/t9?,12-;/m0./s1. The number of hydrogen-bond donors (Lipinski definition) is 2. The van der Waals surface area contributed by atoms with E-state index < -0.39 is 12.1 Å². The molecule has 0 bridgehead atoms. The summed E-state index contributed by atoms with van der Waals surface area (Å²) >= 11 is 0. The number of carbonyl (C=O) groups excluding carboxylic acids is 2. The molecule has 0 aromatic heterocycles. The van der Waals surface area contributed by atoms with Crippen molar-refractivity contribution in [3.8, 4) is 0 Å². The molecule has 3 N–H and O–H groups in total. The first-order valence-corrected chi connectivity index (χ1v) is 6.36. The van der Waals surface area contributed by atoms with Crippen molar-refractivity contribution in [1.29, 1.82) is 0 Å². The van der Waals surface area contributed by atoms with Crippen LogP contribution in [0.25, 0.3) is 0 Å². The van der Waals surface area contributed by atoms with Crippen molar-refractivity contribution >= 4 is 24.2 Å². The van der Waals surface area contributed by atoms with Crippen molar-refractivity contribution < 1.29 is 9.59 Å². The van der Waals surface area contributed by atoms with Crippen molar-refractivity contribution in [3.63, 3.8) is 0 Å². The molecule has 0 saturated carbocycles. The lowest BCUT2D eigenvalue weighted by atomic mass is 10.0. The third-order valence-corrected chi connectivity index (χ3v) is 3.35. The first-order valence-electron chi connectivity index (χ1n) is 6.36. The minimum absolute atomic E-state index is 0. The second kappa shape index (κ2) is 6.72. The minimum Gasteiger partial charge on any atom is -0.343 e. The second-order valence-electron chi connectivity index (χ2n) is 5.02. The Morgan fingerprint density at radius 3 is 2.60 bits per heavy atom. The molecule has 0 radical (unpaired) electrons. The zero-order valence-electron chi connectivity index (χ0n) is 11.6. The van der Waals surface area contributed by atoms with Crippen molar-refractivity contribution in [3.05, 3.63) is 35.4 Å². The maximum absolute atomic E-state index is 12.2. The normalized spacial score (nSPS) is 19.4. The van der Waals surface area contributed by atoms with Gasteiger partial charge in [0, 0.05) is 20.0 Å². The van der Waals surface area contributed by atoms with Gasteiger partial charge in [0.15, 0.2) is 0 Å². The molecule has 2 amide bonds. The Labute approximate surface area is 124 Å². The Hall–Kier alpha value is -1.59. The fraction of sp³-hybridized carbons (Fsp3) is 0.429. The molecule has 1 aromatic carbocycles. The molecule has 1 aliphatic rings. The number of nitrogens with zero attached hydrogens (tertiary/aromatic N) is 1. The van der Waals surface area contributed by atoms with Gasteiger partial charge in [-0.05, 0) is 18.1 Å². The van der Waals surface area contributed by atoms with Crippen molar-refractivity contribution in [1.82, 2.24) is 10.2 Å². The summed E-state index contributed by atoms with van der Waals surface area (Å²) < 4.78 is 0. The van der Waals surface area contributed by atoms with Gasteiger partial charge in [-0.1, -0.05) is 24.3 Å². The van der Waals surface area contributed by atoms with Gasteiger partial charge in [0.05, 0.1) is 6.04 Å². The number of halogens is 1.